The fraction of sp³-hybridized carbons (Fsp3) is 0.435. The van der Waals surface area contributed by atoms with Gasteiger partial charge in [0.25, 0.3) is 0 Å². The van der Waals surface area contributed by atoms with Gasteiger partial charge in [-0.05, 0) is 62.6 Å². The van der Waals surface area contributed by atoms with Crippen LogP contribution in [-0.4, -0.2) is 66.2 Å². The molecular weight excluding hydrogens is 410 g/mol. The topological polar surface area (TPSA) is 65.7 Å². The molecule has 0 aromatic carbocycles. The molecule has 0 saturated carbocycles. The van der Waals surface area contributed by atoms with Gasteiger partial charge in [-0.3, -0.25) is 4.79 Å². The van der Waals surface area contributed by atoms with Gasteiger partial charge in [0.2, 0.25) is 5.91 Å². The summed E-state index contributed by atoms with van der Waals surface area (Å²) in [5, 5.41) is 10.9. The van der Waals surface area contributed by atoms with Crippen LogP contribution in [-0.2, 0) is 11.3 Å². The van der Waals surface area contributed by atoms with Gasteiger partial charge in [-0.2, -0.15) is 0 Å². The standard InChI is InChI=1S/C23H29N5O2S/c1-26(2)13-14-28(17-19-5-3-15-30-19)23(29)18-9-11-27(12-10-18)22-8-7-20(24-25-22)21-6-4-16-31-21/h3-8,15-16,18H,9-14,17H2,1-2H3. The first-order valence-electron chi connectivity index (χ1n) is 10.7. The predicted molar refractivity (Wildman–Crippen MR) is 123 cm³/mol. The summed E-state index contributed by atoms with van der Waals surface area (Å²) in [6.45, 7) is 3.67. The van der Waals surface area contributed by atoms with Gasteiger partial charge >= 0.3 is 0 Å². The molecule has 1 aliphatic rings. The molecule has 4 heterocycles. The van der Waals surface area contributed by atoms with E-state index < -0.39 is 0 Å². The van der Waals surface area contributed by atoms with Gasteiger partial charge in [0, 0.05) is 32.1 Å². The number of anilines is 1. The number of amides is 1. The van der Waals surface area contributed by atoms with E-state index in [1.165, 1.54) is 0 Å². The number of carbonyl (C=O) groups excluding carboxylic acids is 1. The molecule has 8 heteroatoms. The molecule has 0 unspecified atom stereocenters. The van der Waals surface area contributed by atoms with E-state index in [1.54, 1.807) is 17.6 Å². The molecular formula is C23H29N5O2S. The maximum atomic E-state index is 13.3. The highest BCUT2D eigenvalue weighted by Gasteiger charge is 2.29. The minimum Gasteiger partial charge on any atom is -0.467 e. The van der Waals surface area contributed by atoms with Gasteiger partial charge in [-0.25, -0.2) is 0 Å². The lowest BCUT2D eigenvalue weighted by Crippen LogP contribution is -2.44. The summed E-state index contributed by atoms with van der Waals surface area (Å²) in [7, 11) is 4.05. The lowest BCUT2D eigenvalue weighted by atomic mass is 9.95. The maximum Gasteiger partial charge on any atom is 0.226 e. The number of nitrogens with zero attached hydrogens (tertiary/aromatic N) is 5. The molecule has 0 N–H and O–H groups in total. The molecule has 164 valence electrons. The van der Waals surface area contributed by atoms with E-state index in [1.807, 2.05) is 54.7 Å². The number of thiophene rings is 1. The van der Waals surface area contributed by atoms with Crippen molar-refractivity contribution in [3.05, 3.63) is 53.8 Å². The van der Waals surface area contributed by atoms with E-state index in [9.17, 15) is 4.79 Å². The zero-order valence-electron chi connectivity index (χ0n) is 18.1. The zero-order valence-corrected chi connectivity index (χ0v) is 18.9. The Morgan fingerprint density at radius 3 is 2.58 bits per heavy atom. The SMILES string of the molecule is CN(C)CCN(Cc1ccco1)C(=O)C1CCN(c2ccc(-c3cccs3)nn2)CC1. The zero-order chi connectivity index (χ0) is 21.6. The molecule has 1 saturated heterocycles. The van der Waals surface area contributed by atoms with Gasteiger partial charge in [0.05, 0.1) is 17.7 Å². The molecule has 0 bridgehead atoms. The second kappa shape index (κ2) is 10.1. The van der Waals surface area contributed by atoms with Crippen molar-refractivity contribution in [2.75, 3.05) is 45.2 Å². The summed E-state index contributed by atoms with van der Waals surface area (Å²) < 4.78 is 5.49. The van der Waals surface area contributed by atoms with Crippen LogP contribution in [0, 0.1) is 5.92 Å². The third-order valence-electron chi connectivity index (χ3n) is 5.65. The van der Waals surface area contributed by atoms with Crippen LogP contribution in [0.25, 0.3) is 10.6 Å². The second-order valence-electron chi connectivity index (χ2n) is 8.16. The molecule has 0 atom stereocenters. The van der Waals surface area contributed by atoms with Crippen LogP contribution in [0.5, 0.6) is 0 Å². The third-order valence-corrected chi connectivity index (χ3v) is 6.54. The average Bonchev–Trinajstić information content (AvgIpc) is 3.51. The summed E-state index contributed by atoms with van der Waals surface area (Å²) in [6.07, 6.45) is 3.31. The van der Waals surface area contributed by atoms with E-state index in [4.69, 9.17) is 4.42 Å². The van der Waals surface area contributed by atoms with Crippen LogP contribution in [0.3, 0.4) is 0 Å². The van der Waals surface area contributed by atoms with Crippen molar-refractivity contribution in [2.24, 2.45) is 5.92 Å². The Bertz CT molecular complexity index is 933. The Kier molecular flexibility index (Phi) is 6.99. The molecule has 3 aromatic heterocycles. The summed E-state index contributed by atoms with van der Waals surface area (Å²) in [6, 6.07) is 11.9. The van der Waals surface area contributed by atoms with Crippen molar-refractivity contribution >= 4 is 23.1 Å². The first-order valence-corrected chi connectivity index (χ1v) is 11.6. The van der Waals surface area contributed by atoms with Crippen molar-refractivity contribution in [1.82, 2.24) is 20.0 Å². The van der Waals surface area contributed by atoms with Crippen molar-refractivity contribution in [3.63, 3.8) is 0 Å². The minimum atomic E-state index is 0.0340. The smallest absolute Gasteiger partial charge is 0.226 e. The summed E-state index contributed by atoms with van der Waals surface area (Å²) >= 11 is 1.66. The first-order chi connectivity index (χ1) is 15.1. The molecule has 0 spiro atoms. The van der Waals surface area contributed by atoms with E-state index in [0.29, 0.717) is 13.1 Å². The molecule has 31 heavy (non-hydrogen) atoms. The largest absolute Gasteiger partial charge is 0.467 e. The lowest BCUT2D eigenvalue weighted by Gasteiger charge is -2.34. The Labute approximate surface area is 187 Å². The number of aromatic nitrogens is 2. The third kappa shape index (κ3) is 5.51. The number of furan rings is 1. The van der Waals surface area contributed by atoms with Crippen molar-refractivity contribution in [3.8, 4) is 10.6 Å². The van der Waals surface area contributed by atoms with Gasteiger partial charge in [-0.1, -0.05) is 6.07 Å². The fourth-order valence-corrected chi connectivity index (χ4v) is 4.53. The number of likely N-dealkylation sites (N-methyl/N-ethyl adjacent to an activating group) is 1. The summed E-state index contributed by atoms with van der Waals surface area (Å²) in [5.41, 5.74) is 0.901. The number of hydrogen-bond donors (Lipinski definition) is 0. The highest BCUT2D eigenvalue weighted by atomic mass is 32.1. The molecule has 1 aliphatic heterocycles. The minimum absolute atomic E-state index is 0.0340. The molecule has 4 rings (SSSR count). The van der Waals surface area contributed by atoms with Crippen LogP contribution in [0.15, 0.2) is 52.5 Å². The summed E-state index contributed by atoms with van der Waals surface area (Å²) in [4.78, 5) is 20.7. The van der Waals surface area contributed by atoms with Gasteiger partial charge < -0.3 is 19.1 Å². The maximum absolute atomic E-state index is 13.3. The van der Waals surface area contributed by atoms with E-state index in [0.717, 1.165) is 54.6 Å². The lowest BCUT2D eigenvalue weighted by molar-refractivity contribution is -0.137. The van der Waals surface area contributed by atoms with Crippen LogP contribution < -0.4 is 4.90 Å². The molecule has 1 fully saturated rings. The highest BCUT2D eigenvalue weighted by Crippen LogP contribution is 2.26. The monoisotopic (exact) mass is 439 g/mol. The number of carbonyl (C=O) groups is 1. The van der Waals surface area contributed by atoms with E-state index >= 15 is 0 Å². The number of hydrogen-bond acceptors (Lipinski definition) is 7. The number of rotatable bonds is 8. The van der Waals surface area contributed by atoms with E-state index in [-0.39, 0.29) is 11.8 Å². The molecule has 0 radical (unpaired) electrons. The number of piperidine rings is 1. The Morgan fingerprint density at radius 2 is 1.97 bits per heavy atom. The normalized spacial score (nSPS) is 14.9. The van der Waals surface area contributed by atoms with Crippen LogP contribution in [0.1, 0.15) is 18.6 Å². The van der Waals surface area contributed by atoms with Gasteiger partial charge in [0.1, 0.15) is 11.5 Å². The van der Waals surface area contributed by atoms with Gasteiger partial charge in [0.15, 0.2) is 5.82 Å². The first kappa shape index (κ1) is 21.5. The van der Waals surface area contributed by atoms with Crippen molar-refractivity contribution in [2.45, 2.75) is 19.4 Å². The Hall–Kier alpha value is -2.71. The van der Waals surface area contributed by atoms with Crippen molar-refractivity contribution < 1.29 is 9.21 Å². The quantitative estimate of drug-likeness (QED) is 0.534. The molecule has 1 amide bonds. The van der Waals surface area contributed by atoms with E-state index in [2.05, 4.69) is 26.1 Å². The average molecular weight is 440 g/mol. The fourth-order valence-electron chi connectivity index (χ4n) is 3.84. The highest BCUT2D eigenvalue weighted by molar-refractivity contribution is 7.13. The van der Waals surface area contributed by atoms with Crippen LogP contribution in [0.4, 0.5) is 5.82 Å². The Morgan fingerprint density at radius 1 is 1.13 bits per heavy atom. The van der Waals surface area contributed by atoms with Crippen LogP contribution >= 0.6 is 11.3 Å². The predicted octanol–water partition coefficient (Wildman–Crippen LogP) is 3.60. The van der Waals surface area contributed by atoms with Crippen LogP contribution in [0.2, 0.25) is 0 Å². The van der Waals surface area contributed by atoms with Gasteiger partial charge in [-0.15, -0.1) is 21.5 Å². The molecule has 3 aromatic rings. The molecule has 0 aliphatic carbocycles. The second-order valence-corrected chi connectivity index (χ2v) is 9.11. The summed E-state index contributed by atoms with van der Waals surface area (Å²) in [5.74, 6) is 1.96. The van der Waals surface area contributed by atoms with Crippen molar-refractivity contribution in [1.29, 1.82) is 0 Å². The molecule has 7 nitrogen and oxygen atoms in total. The Balaban J connectivity index is 1.35.